The maximum Gasteiger partial charge on any atom is 0.271 e. The van der Waals surface area contributed by atoms with Gasteiger partial charge in [-0.2, -0.15) is 0 Å². The number of benzene rings is 1. The molecule has 108 valence electrons. The van der Waals surface area contributed by atoms with Crippen molar-refractivity contribution in [1.29, 1.82) is 0 Å². The summed E-state index contributed by atoms with van der Waals surface area (Å²) in [5.41, 5.74) is 1.00. The van der Waals surface area contributed by atoms with E-state index in [0.717, 1.165) is 23.9 Å². The van der Waals surface area contributed by atoms with Crippen molar-refractivity contribution in [3.05, 3.63) is 40.6 Å². The number of ether oxygens (including phenoxy) is 2. The fourth-order valence-electron chi connectivity index (χ4n) is 2.06. The van der Waals surface area contributed by atoms with Gasteiger partial charge in [0.15, 0.2) is 0 Å². The summed E-state index contributed by atoms with van der Waals surface area (Å²) in [7, 11) is 1.64. The van der Waals surface area contributed by atoms with Crippen LogP contribution >= 0.6 is 0 Å². The van der Waals surface area contributed by atoms with Crippen LogP contribution in [0.25, 0.3) is 10.9 Å². The standard InChI is InChI=1S/C14H18N2O4/c1-19-9-10-20-8-2-6-15-7-5-12-3-4-13(16(17)18)11-14(12)15/h3-5,7,11H,2,6,8-10H2,1H3. The third kappa shape index (κ3) is 3.55. The summed E-state index contributed by atoms with van der Waals surface area (Å²) in [6, 6.07) is 6.88. The van der Waals surface area contributed by atoms with Gasteiger partial charge in [-0.25, -0.2) is 0 Å². The SMILES string of the molecule is COCCOCCCn1ccc2ccc([N+](=O)[O-])cc21. The number of hydrogen-bond donors (Lipinski definition) is 0. The van der Waals surface area contributed by atoms with Gasteiger partial charge >= 0.3 is 0 Å². The minimum atomic E-state index is -0.370. The molecule has 0 saturated carbocycles. The Labute approximate surface area is 117 Å². The van der Waals surface area contributed by atoms with Crippen LogP contribution in [-0.2, 0) is 16.0 Å². The van der Waals surface area contributed by atoms with Gasteiger partial charge in [-0.3, -0.25) is 10.1 Å². The zero-order valence-electron chi connectivity index (χ0n) is 11.4. The van der Waals surface area contributed by atoms with E-state index in [1.54, 1.807) is 19.2 Å². The first-order valence-corrected chi connectivity index (χ1v) is 6.52. The van der Waals surface area contributed by atoms with Gasteiger partial charge in [-0.1, -0.05) is 0 Å². The molecule has 0 saturated heterocycles. The molecule has 0 aliphatic heterocycles. The number of methoxy groups -OCH3 is 1. The van der Waals surface area contributed by atoms with Crippen molar-refractivity contribution in [3.63, 3.8) is 0 Å². The van der Waals surface area contributed by atoms with Gasteiger partial charge in [0.25, 0.3) is 5.69 Å². The Kier molecular flexibility index (Phi) is 5.09. The molecule has 2 aromatic rings. The molecule has 0 radical (unpaired) electrons. The number of hydrogen-bond acceptors (Lipinski definition) is 4. The molecule has 2 rings (SSSR count). The number of aryl methyl sites for hydroxylation is 1. The van der Waals surface area contributed by atoms with Crippen LogP contribution in [0.1, 0.15) is 6.42 Å². The third-order valence-corrected chi connectivity index (χ3v) is 3.09. The molecule has 6 heteroatoms. The zero-order valence-corrected chi connectivity index (χ0v) is 11.4. The highest BCUT2D eigenvalue weighted by molar-refractivity contribution is 5.82. The Hall–Kier alpha value is -1.92. The molecule has 0 fully saturated rings. The van der Waals surface area contributed by atoms with Crippen molar-refractivity contribution in [1.82, 2.24) is 4.57 Å². The topological polar surface area (TPSA) is 66.5 Å². The highest BCUT2D eigenvalue weighted by Gasteiger charge is 2.08. The molecule has 0 amide bonds. The minimum absolute atomic E-state index is 0.119. The molecule has 0 atom stereocenters. The van der Waals surface area contributed by atoms with Crippen LogP contribution in [-0.4, -0.2) is 36.4 Å². The van der Waals surface area contributed by atoms with E-state index in [1.807, 2.05) is 16.8 Å². The van der Waals surface area contributed by atoms with E-state index in [2.05, 4.69) is 0 Å². The van der Waals surface area contributed by atoms with Crippen LogP contribution in [0.15, 0.2) is 30.5 Å². The van der Waals surface area contributed by atoms with Gasteiger partial charge in [0, 0.05) is 44.0 Å². The third-order valence-electron chi connectivity index (χ3n) is 3.09. The minimum Gasteiger partial charge on any atom is -0.382 e. The summed E-state index contributed by atoms with van der Waals surface area (Å²) in [5, 5.41) is 11.8. The molecule has 0 unspecified atom stereocenters. The zero-order chi connectivity index (χ0) is 14.4. The second kappa shape index (κ2) is 7.02. The Balaban J connectivity index is 1.96. The molecular formula is C14H18N2O4. The van der Waals surface area contributed by atoms with E-state index in [0.29, 0.717) is 19.8 Å². The molecule has 20 heavy (non-hydrogen) atoms. The molecule has 0 bridgehead atoms. The van der Waals surface area contributed by atoms with Crippen molar-refractivity contribution < 1.29 is 14.4 Å². The quantitative estimate of drug-likeness (QED) is 0.423. The largest absolute Gasteiger partial charge is 0.382 e. The normalized spacial score (nSPS) is 11.1. The van der Waals surface area contributed by atoms with Crippen molar-refractivity contribution in [2.45, 2.75) is 13.0 Å². The number of aromatic nitrogens is 1. The monoisotopic (exact) mass is 278 g/mol. The molecule has 0 aliphatic carbocycles. The predicted molar refractivity (Wildman–Crippen MR) is 75.9 cm³/mol. The van der Waals surface area contributed by atoms with Crippen LogP contribution in [0.3, 0.4) is 0 Å². The van der Waals surface area contributed by atoms with E-state index >= 15 is 0 Å². The van der Waals surface area contributed by atoms with E-state index in [1.165, 1.54) is 6.07 Å². The van der Waals surface area contributed by atoms with Gasteiger partial charge in [0.1, 0.15) is 0 Å². The first-order chi connectivity index (χ1) is 9.72. The van der Waals surface area contributed by atoms with Gasteiger partial charge in [-0.05, 0) is 18.6 Å². The second-order valence-corrected chi connectivity index (χ2v) is 4.47. The summed E-state index contributed by atoms with van der Waals surface area (Å²) in [6.45, 7) is 2.61. The Bertz CT molecular complexity index is 580. The van der Waals surface area contributed by atoms with Gasteiger partial charge in [0.05, 0.1) is 23.7 Å². The summed E-state index contributed by atoms with van der Waals surface area (Å²) in [5.74, 6) is 0. The fourth-order valence-corrected chi connectivity index (χ4v) is 2.06. The van der Waals surface area contributed by atoms with Crippen molar-refractivity contribution in [2.75, 3.05) is 26.9 Å². The Morgan fingerprint density at radius 2 is 2.10 bits per heavy atom. The molecule has 1 heterocycles. The summed E-state index contributed by atoms with van der Waals surface area (Å²) < 4.78 is 12.3. The Morgan fingerprint density at radius 1 is 1.25 bits per heavy atom. The van der Waals surface area contributed by atoms with E-state index in [4.69, 9.17) is 9.47 Å². The van der Waals surface area contributed by atoms with Crippen molar-refractivity contribution >= 4 is 16.6 Å². The summed E-state index contributed by atoms with van der Waals surface area (Å²) in [6.07, 6.45) is 2.81. The molecule has 1 aromatic carbocycles. The van der Waals surface area contributed by atoms with Gasteiger partial charge in [-0.15, -0.1) is 0 Å². The fraction of sp³-hybridized carbons (Fsp3) is 0.429. The highest BCUT2D eigenvalue weighted by atomic mass is 16.6. The van der Waals surface area contributed by atoms with Crippen molar-refractivity contribution in [2.24, 2.45) is 0 Å². The smallest absolute Gasteiger partial charge is 0.271 e. The number of nitro groups is 1. The summed E-state index contributed by atoms with van der Waals surface area (Å²) >= 11 is 0. The lowest BCUT2D eigenvalue weighted by atomic mass is 10.2. The Morgan fingerprint density at radius 3 is 2.85 bits per heavy atom. The molecule has 0 aliphatic rings. The number of non-ortho nitro benzene ring substituents is 1. The molecular weight excluding hydrogens is 260 g/mol. The van der Waals surface area contributed by atoms with Crippen LogP contribution < -0.4 is 0 Å². The van der Waals surface area contributed by atoms with Crippen LogP contribution in [0.2, 0.25) is 0 Å². The highest BCUT2D eigenvalue weighted by Crippen LogP contribution is 2.22. The number of nitrogens with zero attached hydrogens (tertiary/aromatic N) is 2. The number of rotatable bonds is 8. The van der Waals surface area contributed by atoms with E-state index in [-0.39, 0.29) is 10.6 Å². The van der Waals surface area contributed by atoms with E-state index in [9.17, 15) is 10.1 Å². The molecule has 0 spiro atoms. The maximum atomic E-state index is 10.8. The van der Waals surface area contributed by atoms with E-state index < -0.39 is 0 Å². The lowest BCUT2D eigenvalue weighted by Gasteiger charge is -2.06. The van der Waals surface area contributed by atoms with Gasteiger partial charge < -0.3 is 14.0 Å². The lowest BCUT2D eigenvalue weighted by molar-refractivity contribution is -0.384. The van der Waals surface area contributed by atoms with Gasteiger partial charge in [0.2, 0.25) is 0 Å². The van der Waals surface area contributed by atoms with Crippen LogP contribution in [0, 0.1) is 10.1 Å². The maximum absolute atomic E-state index is 10.8. The summed E-state index contributed by atoms with van der Waals surface area (Å²) in [4.78, 5) is 10.4. The molecule has 1 aromatic heterocycles. The lowest BCUT2D eigenvalue weighted by Crippen LogP contribution is -2.06. The first kappa shape index (κ1) is 14.5. The average Bonchev–Trinajstić information content (AvgIpc) is 2.85. The second-order valence-electron chi connectivity index (χ2n) is 4.47. The first-order valence-electron chi connectivity index (χ1n) is 6.52. The predicted octanol–water partition coefficient (Wildman–Crippen LogP) is 2.60. The molecule has 0 N–H and O–H groups in total. The average molecular weight is 278 g/mol. The molecule has 6 nitrogen and oxygen atoms in total. The van der Waals surface area contributed by atoms with Crippen LogP contribution in [0.5, 0.6) is 0 Å². The number of nitro benzene ring substituents is 1. The number of fused-ring (bicyclic) bond motifs is 1. The van der Waals surface area contributed by atoms with Crippen LogP contribution in [0.4, 0.5) is 5.69 Å². The van der Waals surface area contributed by atoms with Crippen molar-refractivity contribution in [3.8, 4) is 0 Å².